The van der Waals surface area contributed by atoms with Crippen LogP contribution in [0.3, 0.4) is 0 Å². The van der Waals surface area contributed by atoms with E-state index in [-0.39, 0.29) is 24.1 Å². The summed E-state index contributed by atoms with van der Waals surface area (Å²) >= 11 is 0. The van der Waals surface area contributed by atoms with Gasteiger partial charge in [-0.15, -0.1) is 0 Å². The summed E-state index contributed by atoms with van der Waals surface area (Å²) in [5, 5.41) is 0. The van der Waals surface area contributed by atoms with Gasteiger partial charge >= 0.3 is 6.09 Å². The van der Waals surface area contributed by atoms with E-state index in [4.69, 9.17) is 14.2 Å². The summed E-state index contributed by atoms with van der Waals surface area (Å²) in [7, 11) is 0. The standard InChI is InChI=1S/C20H36N2O4/c1-14-24-17(25-14)15-7-10-21(11-8-15)16-9-12-22(13-20(16,5)6)18(23)26-19(2,3)4/h14-17H,7-13H2,1-6H3. The normalized spacial score (nSPS) is 33.6. The second kappa shape index (κ2) is 7.28. The topological polar surface area (TPSA) is 51.2 Å². The van der Waals surface area contributed by atoms with E-state index in [1.807, 2.05) is 32.6 Å². The third-order valence-electron chi connectivity index (χ3n) is 5.88. The number of nitrogens with zero attached hydrogens (tertiary/aromatic N) is 2. The minimum absolute atomic E-state index is 0.00850. The zero-order chi connectivity index (χ0) is 19.1. The Labute approximate surface area is 158 Å². The zero-order valence-electron chi connectivity index (χ0n) is 17.3. The molecule has 0 aromatic heterocycles. The lowest BCUT2D eigenvalue weighted by atomic mass is 9.77. The largest absolute Gasteiger partial charge is 0.444 e. The number of rotatable bonds is 2. The first kappa shape index (κ1) is 19.9. The SMILES string of the molecule is CC1OC(C2CCN(C3CCN(C(=O)OC(C)(C)C)CC3(C)C)CC2)O1. The van der Waals surface area contributed by atoms with Crippen molar-refractivity contribution in [2.75, 3.05) is 26.2 Å². The van der Waals surface area contributed by atoms with Crippen molar-refractivity contribution in [1.82, 2.24) is 9.80 Å². The molecule has 6 nitrogen and oxygen atoms in total. The van der Waals surface area contributed by atoms with Gasteiger partial charge in [0, 0.05) is 25.0 Å². The molecule has 1 atom stereocenters. The molecule has 6 heteroatoms. The van der Waals surface area contributed by atoms with E-state index in [0.29, 0.717) is 12.0 Å². The third kappa shape index (κ3) is 4.52. The summed E-state index contributed by atoms with van der Waals surface area (Å²) in [6.45, 7) is 16.0. The van der Waals surface area contributed by atoms with Crippen LogP contribution in [0.4, 0.5) is 4.79 Å². The van der Waals surface area contributed by atoms with Crippen LogP contribution in [-0.2, 0) is 14.2 Å². The number of hydrogen-bond donors (Lipinski definition) is 0. The fourth-order valence-electron chi connectivity index (χ4n) is 4.62. The molecule has 1 amide bonds. The highest BCUT2D eigenvalue weighted by Crippen LogP contribution is 2.37. The van der Waals surface area contributed by atoms with Crippen molar-refractivity contribution in [3.8, 4) is 0 Å². The lowest BCUT2D eigenvalue weighted by molar-refractivity contribution is -0.394. The molecule has 3 fully saturated rings. The summed E-state index contributed by atoms with van der Waals surface area (Å²) in [6, 6.07) is 0.504. The van der Waals surface area contributed by atoms with Crippen molar-refractivity contribution in [1.29, 1.82) is 0 Å². The molecule has 0 spiro atoms. The zero-order valence-corrected chi connectivity index (χ0v) is 17.3. The Hall–Kier alpha value is -0.850. The van der Waals surface area contributed by atoms with Crippen LogP contribution in [0.2, 0.25) is 0 Å². The summed E-state index contributed by atoms with van der Waals surface area (Å²) in [6.07, 6.45) is 3.04. The van der Waals surface area contributed by atoms with Gasteiger partial charge in [0.25, 0.3) is 0 Å². The molecule has 0 saturated carbocycles. The first-order valence-corrected chi connectivity index (χ1v) is 10.1. The number of piperidine rings is 2. The van der Waals surface area contributed by atoms with Crippen molar-refractivity contribution in [2.45, 2.75) is 85.0 Å². The van der Waals surface area contributed by atoms with Crippen molar-refractivity contribution in [3.63, 3.8) is 0 Å². The van der Waals surface area contributed by atoms with Crippen LogP contribution in [0, 0.1) is 11.3 Å². The second-order valence-corrected chi connectivity index (χ2v) is 9.78. The summed E-state index contributed by atoms with van der Waals surface area (Å²) in [4.78, 5) is 16.9. The van der Waals surface area contributed by atoms with E-state index in [9.17, 15) is 4.79 Å². The molecule has 0 aromatic rings. The molecule has 3 aliphatic rings. The predicted octanol–water partition coefficient (Wildman–Crippen LogP) is 3.45. The molecule has 3 rings (SSSR count). The lowest BCUT2D eigenvalue weighted by Crippen LogP contribution is -2.59. The van der Waals surface area contributed by atoms with Crippen molar-refractivity contribution in [3.05, 3.63) is 0 Å². The number of hydrogen-bond acceptors (Lipinski definition) is 5. The molecule has 26 heavy (non-hydrogen) atoms. The maximum atomic E-state index is 12.4. The van der Waals surface area contributed by atoms with E-state index < -0.39 is 5.60 Å². The van der Waals surface area contributed by atoms with Crippen molar-refractivity contribution in [2.24, 2.45) is 11.3 Å². The number of ether oxygens (including phenoxy) is 3. The van der Waals surface area contributed by atoms with Gasteiger partial charge in [-0.05, 0) is 65.5 Å². The fraction of sp³-hybridized carbons (Fsp3) is 0.950. The highest BCUT2D eigenvalue weighted by atomic mass is 16.9. The van der Waals surface area contributed by atoms with Gasteiger partial charge < -0.3 is 19.1 Å². The average molecular weight is 369 g/mol. The van der Waals surface area contributed by atoms with Crippen molar-refractivity contribution < 1.29 is 19.0 Å². The first-order valence-electron chi connectivity index (χ1n) is 10.1. The number of carbonyl (C=O) groups is 1. The maximum absolute atomic E-state index is 12.4. The van der Waals surface area contributed by atoms with Gasteiger partial charge in [0.1, 0.15) is 5.60 Å². The van der Waals surface area contributed by atoms with Crippen LogP contribution in [0.15, 0.2) is 0 Å². The Morgan fingerprint density at radius 1 is 1.08 bits per heavy atom. The Morgan fingerprint density at radius 2 is 1.69 bits per heavy atom. The molecule has 1 unspecified atom stereocenters. The van der Waals surface area contributed by atoms with Crippen LogP contribution < -0.4 is 0 Å². The van der Waals surface area contributed by atoms with Crippen LogP contribution in [0.25, 0.3) is 0 Å². The minimum atomic E-state index is -0.441. The summed E-state index contributed by atoms with van der Waals surface area (Å²) in [5.41, 5.74) is -0.386. The van der Waals surface area contributed by atoms with Crippen molar-refractivity contribution >= 4 is 6.09 Å². The van der Waals surface area contributed by atoms with E-state index in [2.05, 4.69) is 18.7 Å². The van der Waals surface area contributed by atoms with E-state index in [0.717, 1.165) is 45.4 Å². The van der Waals surface area contributed by atoms with Crippen LogP contribution >= 0.6 is 0 Å². The average Bonchev–Trinajstić information content (AvgIpc) is 2.49. The molecule has 150 valence electrons. The number of likely N-dealkylation sites (tertiary alicyclic amines) is 2. The van der Waals surface area contributed by atoms with Gasteiger partial charge in [0.15, 0.2) is 12.6 Å². The monoisotopic (exact) mass is 368 g/mol. The smallest absolute Gasteiger partial charge is 0.410 e. The maximum Gasteiger partial charge on any atom is 0.410 e. The Morgan fingerprint density at radius 3 is 2.19 bits per heavy atom. The molecule has 0 aromatic carbocycles. The van der Waals surface area contributed by atoms with Gasteiger partial charge in [-0.25, -0.2) is 4.79 Å². The fourth-order valence-corrected chi connectivity index (χ4v) is 4.62. The molecule has 0 radical (unpaired) electrons. The quantitative estimate of drug-likeness (QED) is 0.747. The number of carbonyl (C=O) groups excluding carboxylic acids is 1. The molecule has 0 aliphatic carbocycles. The first-order chi connectivity index (χ1) is 12.0. The predicted molar refractivity (Wildman–Crippen MR) is 99.7 cm³/mol. The van der Waals surface area contributed by atoms with E-state index >= 15 is 0 Å². The van der Waals surface area contributed by atoms with E-state index in [1.54, 1.807) is 0 Å². The molecule has 3 saturated heterocycles. The summed E-state index contributed by atoms with van der Waals surface area (Å²) < 4.78 is 16.9. The number of amides is 1. The van der Waals surface area contributed by atoms with Gasteiger partial charge in [-0.1, -0.05) is 13.8 Å². The Bertz CT molecular complexity index is 502. The van der Waals surface area contributed by atoms with Gasteiger partial charge in [0.2, 0.25) is 0 Å². The third-order valence-corrected chi connectivity index (χ3v) is 5.88. The summed E-state index contributed by atoms with van der Waals surface area (Å²) in [5.74, 6) is 0.521. The highest BCUT2D eigenvalue weighted by Gasteiger charge is 2.44. The van der Waals surface area contributed by atoms with Gasteiger partial charge in [-0.3, -0.25) is 4.90 Å². The van der Waals surface area contributed by atoms with Crippen LogP contribution in [0.1, 0.15) is 60.8 Å². The molecular formula is C20H36N2O4. The van der Waals surface area contributed by atoms with E-state index in [1.165, 1.54) is 0 Å². The second-order valence-electron chi connectivity index (χ2n) is 9.78. The minimum Gasteiger partial charge on any atom is -0.444 e. The molecular weight excluding hydrogens is 332 g/mol. The van der Waals surface area contributed by atoms with Crippen LogP contribution in [-0.4, -0.2) is 66.3 Å². The Kier molecular flexibility index (Phi) is 5.58. The van der Waals surface area contributed by atoms with Gasteiger partial charge in [0.05, 0.1) is 0 Å². The molecule has 3 aliphatic heterocycles. The lowest BCUT2D eigenvalue weighted by Gasteiger charge is -2.51. The molecule has 0 bridgehead atoms. The van der Waals surface area contributed by atoms with Crippen LogP contribution in [0.5, 0.6) is 0 Å². The molecule has 3 heterocycles. The van der Waals surface area contributed by atoms with Gasteiger partial charge in [-0.2, -0.15) is 0 Å². The Balaban J connectivity index is 1.52. The highest BCUT2D eigenvalue weighted by molar-refractivity contribution is 5.68. The molecule has 0 N–H and O–H groups in total.